The van der Waals surface area contributed by atoms with Gasteiger partial charge in [0, 0.05) is 31.4 Å². The molecule has 1 aromatic heterocycles. The van der Waals surface area contributed by atoms with Crippen molar-refractivity contribution in [1.29, 1.82) is 0 Å². The minimum absolute atomic E-state index is 0.0147. The van der Waals surface area contributed by atoms with Gasteiger partial charge in [0.2, 0.25) is 0 Å². The van der Waals surface area contributed by atoms with Gasteiger partial charge in [0.1, 0.15) is 17.4 Å². The first-order chi connectivity index (χ1) is 16.8. The smallest absolute Gasteiger partial charge is 0.259 e. The SMILES string of the molecule is CN1CCCN(c2ccc(C(=O)Nc3c(O)cccc3C(=O)Nc3ccc(Cl)cn3)cc2F)CC1. The summed E-state index contributed by atoms with van der Waals surface area (Å²) in [5.74, 6) is -1.82. The molecule has 8 nitrogen and oxygen atoms in total. The third-order valence-electron chi connectivity index (χ3n) is 5.76. The zero-order valence-electron chi connectivity index (χ0n) is 19.1. The lowest BCUT2D eigenvalue weighted by Crippen LogP contribution is -2.29. The van der Waals surface area contributed by atoms with E-state index >= 15 is 0 Å². The molecule has 0 aliphatic carbocycles. The second-order valence-corrected chi connectivity index (χ2v) is 8.72. The van der Waals surface area contributed by atoms with E-state index in [0.29, 0.717) is 17.3 Å². The Labute approximate surface area is 207 Å². The van der Waals surface area contributed by atoms with Gasteiger partial charge in [0.05, 0.1) is 22.0 Å². The van der Waals surface area contributed by atoms with Crippen LogP contribution in [0.2, 0.25) is 5.02 Å². The first kappa shape index (κ1) is 24.4. The second-order valence-electron chi connectivity index (χ2n) is 8.28. The van der Waals surface area contributed by atoms with Crippen molar-refractivity contribution in [2.45, 2.75) is 6.42 Å². The van der Waals surface area contributed by atoms with Crippen molar-refractivity contribution in [1.82, 2.24) is 9.88 Å². The number of hydrogen-bond donors (Lipinski definition) is 3. The molecule has 1 saturated heterocycles. The third kappa shape index (κ3) is 5.87. The number of rotatable bonds is 5. The molecular formula is C25H25ClFN5O3. The van der Waals surface area contributed by atoms with Crippen molar-refractivity contribution in [3.05, 3.63) is 76.7 Å². The minimum atomic E-state index is -0.661. The minimum Gasteiger partial charge on any atom is -0.506 e. The summed E-state index contributed by atoms with van der Waals surface area (Å²) in [4.78, 5) is 33.9. The molecule has 2 aromatic carbocycles. The molecule has 0 unspecified atom stereocenters. The molecule has 0 bridgehead atoms. The summed E-state index contributed by atoms with van der Waals surface area (Å²) < 4.78 is 15.0. The summed E-state index contributed by atoms with van der Waals surface area (Å²) in [5.41, 5.74) is 0.423. The zero-order valence-corrected chi connectivity index (χ0v) is 19.8. The summed E-state index contributed by atoms with van der Waals surface area (Å²) in [6, 6.07) is 11.6. The lowest BCUT2D eigenvalue weighted by molar-refractivity contribution is 0.102. The van der Waals surface area contributed by atoms with Crippen LogP contribution in [0.5, 0.6) is 5.75 Å². The Hall–Kier alpha value is -3.69. The van der Waals surface area contributed by atoms with Gasteiger partial charge in [-0.2, -0.15) is 0 Å². The van der Waals surface area contributed by atoms with E-state index in [4.69, 9.17) is 11.6 Å². The maximum absolute atomic E-state index is 15.0. The van der Waals surface area contributed by atoms with E-state index in [-0.39, 0.29) is 28.4 Å². The van der Waals surface area contributed by atoms with Crippen LogP contribution < -0.4 is 15.5 Å². The Morgan fingerprint density at radius 1 is 1.03 bits per heavy atom. The normalized spacial score (nSPS) is 14.3. The molecule has 2 amide bonds. The number of anilines is 3. The fourth-order valence-electron chi connectivity index (χ4n) is 3.87. The number of nitrogens with zero attached hydrogens (tertiary/aromatic N) is 3. The fourth-order valence-corrected chi connectivity index (χ4v) is 3.98. The molecule has 10 heteroatoms. The molecule has 35 heavy (non-hydrogen) atoms. The van der Waals surface area contributed by atoms with Gasteiger partial charge in [0.25, 0.3) is 11.8 Å². The number of para-hydroxylation sites is 1. The Kier molecular flexibility index (Phi) is 7.48. The molecule has 0 saturated carbocycles. The van der Waals surface area contributed by atoms with Crippen LogP contribution in [0.15, 0.2) is 54.7 Å². The van der Waals surface area contributed by atoms with Gasteiger partial charge in [-0.05, 0) is 62.5 Å². The average molecular weight is 498 g/mol. The number of likely N-dealkylation sites (N-methyl/N-ethyl adjacent to an activating group) is 1. The highest BCUT2D eigenvalue weighted by Gasteiger charge is 2.21. The van der Waals surface area contributed by atoms with E-state index in [1.165, 1.54) is 36.5 Å². The number of halogens is 2. The van der Waals surface area contributed by atoms with E-state index in [1.807, 2.05) is 11.9 Å². The lowest BCUT2D eigenvalue weighted by atomic mass is 10.1. The van der Waals surface area contributed by atoms with Crippen LogP contribution in [0.25, 0.3) is 0 Å². The summed E-state index contributed by atoms with van der Waals surface area (Å²) in [6.07, 6.45) is 2.30. The quantitative estimate of drug-likeness (QED) is 0.456. The summed E-state index contributed by atoms with van der Waals surface area (Å²) >= 11 is 5.82. The van der Waals surface area contributed by atoms with Crippen LogP contribution in [-0.4, -0.2) is 60.0 Å². The van der Waals surface area contributed by atoms with Crippen LogP contribution in [0.4, 0.5) is 21.6 Å². The van der Waals surface area contributed by atoms with Gasteiger partial charge >= 0.3 is 0 Å². The summed E-state index contributed by atoms with van der Waals surface area (Å²) in [6.45, 7) is 3.19. The van der Waals surface area contributed by atoms with E-state index in [1.54, 1.807) is 12.1 Å². The van der Waals surface area contributed by atoms with Crippen molar-refractivity contribution < 1.29 is 19.1 Å². The van der Waals surface area contributed by atoms with Crippen LogP contribution in [0.3, 0.4) is 0 Å². The van der Waals surface area contributed by atoms with Gasteiger partial charge in [-0.1, -0.05) is 17.7 Å². The zero-order chi connectivity index (χ0) is 24.9. The average Bonchev–Trinajstić information content (AvgIpc) is 3.06. The van der Waals surface area contributed by atoms with Gasteiger partial charge in [-0.25, -0.2) is 9.37 Å². The molecule has 2 heterocycles. The van der Waals surface area contributed by atoms with E-state index in [9.17, 15) is 19.1 Å². The second kappa shape index (κ2) is 10.7. The predicted octanol–water partition coefficient (Wildman–Crippen LogP) is 4.23. The molecule has 182 valence electrons. The molecule has 0 atom stereocenters. The third-order valence-corrected chi connectivity index (χ3v) is 5.99. The molecule has 3 N–H and O–H groups in total. The molecule has 3 aromatic rings. The largest absolute Gasteiger partial charge is 0.506 e. The van der Waals surface area contributed by atoms with E-state index in [0.717, 1.165) is 32.1 Å². The van der Waals surface area contributed by atoms with Crippen molar-refractivity contribution in [2.75, 3.05) is 48.8 Å². The summed E-state index contributed by atoms with van der Waals surface area (Å²) in [7, 11) is 2.03. The number of benzene rings is 2. The van der Waals surface area contributed by atoms with Gasteiger partial charge in [-0.3, -0.25) is 9.59 Å². The molecule has 1 aliphatic rings. The van der Waals surface area contributed by atoms with E-state index < -0.39 is 17.6 Å². The Morgan fingerprint density at radius 3 is 2.60 bits per heavy atom. The number of carbonyl (C=O) groups is 2. The number of hydrogen-bond acceptors (Lipinski definition) is 6. The molecule has 1 fully saturated rings. The maximum Gasteiger partial charge on any atom is 0.259 e. The maximum atomic E-state index is 15.0. The van der Waals surface area contributed by atoms with Gasteiger partial charge < -0.3 is 25.5 Å². The number of phenols is 1. The number of aromatic hydroxyl groups is 1. The monoisotopic (exact) mass is 497 g/mol. The van der Waals surface area contributed by atoms with E-state index in [2.05, 4.69) is 20.5 Å². The first-order valence-electron chi connectivity index (χ1n) is 11.1. The number of nitrogens with one attached hydrogen (secondary N) is 2. The molecular weight excluding hydrogens is 473 g/mol. The van der Waals surface area contributed by atoms with Crippen molar-refractivity contribution >= 4 is 40.6 Å². The highest BCUT2D eigenvalue weighted by molar-refractivity contribution is 6.30. The van der Waals surface area contributed by atoms with Crippen LogP contribution in [-0.2, 0) is 0 Å². The fraction of sp³-hybridized carbons (Fsp3) is 0.240. The van der Waals surface area contributed by atoms with Crippen LogP contribution in [0.1, 0.15) is 27.1 Å². The number of amides is 2. The Morgan fingerprint density at radius 2 is 1.86 bits per heavy atom. The molecule has 0 radical (unpaired) electrons. The predicted molar refractivity (Wildman–Crippen MR) is 134 cm³/mol. The van der Waals surface area contributed by atoms with Gasteiger partial charge in [-0.15, -0.1) is 0 Å². The molecule has 4 rings (SSSR count). The standard InChI is InChI=1S/C25H25ClFN5O3/c1-31-10-3-11-32(13-12-31)20-8-6-16(14-19(20)27)24(34)30-23-18(4-2-5-21(23)33)25(35)29-22-9-7-17(26)15-28-22/h2,4-9,14-15,33H,3,10-13H2,1H3,(H,30,34)(H,28,29,35). The Bertz CT molecular complexity index is 1240. The first-order valence-corrected chi connectivity index (χ1v) is 11.5. The highest BCUT2D eigenvalue weighted by atomic mass is 35.5. The van der Waals surface area contributed by atoms with Crippen LogP contribution in [0, 0.1) is 5.82 Å². The number of pyridine rings is 1. The number of aromatic nitrogens is 1. The highest BCUT2D eigenvalue weighted by Crippen LogP contribution is 2.29. The Balaban J connectivity index is 1.52. The molecule has 0 spiro atoms. The van der Waals surface area contributed by atoms with Crippen molar-refractivity contribution in [3.63, 3.8) is 0 Å². The number of carbonyl (C=O) groups excluding carboxylic acids is 2. The summed E-state index contributed by atoms with van der Waals surface area (Å²) in [5, 5.41) is 15.9. The topological polar surface area (TPSA) is 97.8 Å². The molecule has 1 aliphatic heterocycles. The van der Waals surface area contributed by atoms with Crippen LogP contribution >= 0.6 is 11.6 Å². The van der Waals surface area contributed by atoms with Gasteiger partial charge in [0.15, 0.2) is 0 Å². The van der Waals surface area contributed by atoms with Crippen molar-refractivity contribution in [3.8, 4) is 5.75 Å². The number of phenolic OH excluding ortho intramolecular Hbond substituents is 1. The van der Waals surface area contributed by atoms with Crippen molar-refractivity contribution in [2.24, 2.45) is 0 Å². The lowest BCUT2D eigenvalue weighted by Gasteiger charge is -2.23.